The van der Waals surface area contributed by atoms with Gasteiger partial charge in [-0.3, -0.25) is 4.90 Å². The molecule has 1 nitrogen and oxygen atoms in total. The average Bonchev–Trinajstić information content (AvgIpc) is 2.98. The Hall–Kier alpha value is -0.560. The fourth-order valence-electron chi connectivity index (χ4n) is 2.47. The van der Waals surface area contributed by atoms with Crippen molar-refractivity contribution in [1.29, 1.82) is 0 Å². The monoisotopic (exact) mass is 191 g/mol. The topological polar surface area (TPSA) is 3.24 Å². The highest BCUT2D eigenvalue weighted by Gasteiger charge is 2.42. The van der Waals surface area contributed by atoms with E-state index < -0.39 is 0 Å². The maximum absolute atomic E-state index is 2.51. The van der Waals surface area contributed by atoms with Gasteiger partial charge >= 0.3 is 0 Å². The summed E-state index contributed by atoms with van der Waals surface area (Å²) in [4.78, 5) is 2.51. The molecule has 0 radical (unpaired) electrons. The van der Waals surface area contributed by atoms with Crippen LogP contribution in [-0.4, -0.2) is 24.5 Å². The first-order valence-corrected chi connectivity index (χ1v) is 5.85. The van der Waals surface area contributed by atoms with E-state index in [2.05, 4.69) is 37.8 Å². The van der Waals surface area contributed by atoms with Crippen LogP contribution in [0.3, 0.4) is 0 Å². The molecule has 2 aliphatic carbocycles. The van der Waals surface area contributed by atoms with Crippen LogP contribution in [0.15, 0.2) is 23.3 Å². The SMILES string of the molecule is CCN(CC)CC1=CC=C(C)C2CC12. The average molecular weight is 191 g/mol. The van der Waals surface area contributed by atoms with Crippen LogP contribution in [0.25, 0.3) is 0 Å². The molecule has 0 amide bonds. The number of hydrogen-bond acceptors (Lipinski definition) is 1. The van der Waals surface area contributed by atoms with Crippen LogP contribution >= 0.6 is 0 Å². The highest BCUT2D eigenvalue weighted by molar-refractivity contribution is 5.35. The lowest BCUT2D eigenvalue weighted by atomic mass is 9.99. The first kappa shape index (κ1) is 9.97. The number of fused-ring (bicyclic) bond motifs is 1. The lowest BCUT2D eigenvalue weighted by molar-refractivity contribution is 0.324. The van der Waals surface area contributed by atoms with E-state index in [4.69, 9.17) is 0 Å². The van der Waals surface area contributed by atoms with E-state index in [0.29, 0.717) is 0 Å². The third-order valence-electron chi connectivity index (χ3n) is 3.71. The van der Waals surface area contributed by atoms with Gasteiger partial charge in [0.2, 0.25) is 0 Å². The summed E-state index contributed by atoms with van der Waals surface area (Å²) in [6.07, 6.45) is 6.10. The molecule has 0 heterocycles. The summed E-state index contributed by atoms with van der Waals surface area (Å²) >= 11 is 0. The molecule has 0 aliphatic heterocycles. The molecule has 0 spiro atoms. The van der Waals surface area contributed by atoms with Gasteiger partial charge in [-0.05, 0) is 38.3 Å². The van der Waals surface area contributed by atoms with Crippen molar-refractivity contribution in [3.8, 4) is 0 Å². The van der Waals surface area contributed by atoms with E-state index in [1.54, 1.807) is 11.1 Å². The van der Waals surface area contributed by atoms with Crippen LogP contribution in [-0.2, 0) is 0 Å². The third-order valence-corrected chi connectivity index (χ3v) is 3.71. The maximum atomic E-state index is 2.51. The molecule has 0 saturated heterocycles. The minimum Gasteiger partial charge on any atom is -0.300 e. The molecule has 0 aromatic carbocycles. The van der Waals surface area contributed by atoms with E-state index in [-0.39, 0.29) is 0 Å². The first-order valence-electron chi connectivity index (χ1n) is 5.85. The summed E-state index contributed by atoms with van der Waals surface area (Å²) in [5.74, 6) is 1.81. The predicted octanol–water partition coefficient (Wildman–Crippen LogP) is 2.85. The zero-order valence-electron chi connectivity index (χ0n) is 9.59. The van der Waals surface area contributed by atoms with Crippen LogP contribution in [0.4, 0.5) is 0 Å². The lowest BCUT2D eigenvalue weighted by Gasteiger charge is -2.21. The number of hydrogen-bond donors (Lipinski definition) is 0. The predicted molar refractivity (Wildman–Crippen MR) is 61.2 cm³/mol. The van der Waals surface area contributed by atoms with Crippen LogP contribution in [0.2, 0.25) is 0 Å². The van der Waals surface area contributed by atoms with Gasteiger partial charge in [-0.25, -0.2) is 0 Å². The van der Waals surface area contributed by atoms with Crippen molar-refractivity contribution in [2.75, 3.05) is 19.6 Å². The van der Waals surface area contributed by atoms with E-state index >= 15 is 0 Å². The number of rotatable bonds is 4. The van der Waals surface area contributed by atoms with E-state index in [1.165, 1.54) is 26.1 Å². The molecule has 78 valence electrons. The minimum atomic E-state index is 0.903. The maximum Gasteiger partial charge on any atom is 0.0198 e. The molecule has 1 heteroatoms. The van der Waals surface area contributed by atoms with Crippen LogP contribution in [0.1, 0.15) is 27.2 Å². The molecule has 14 heavy (non-hydrogen) atoms. The van der Waals surface area contributed by atoms with Crippen LogP contribution in [0.5, 0.6) is 0 Å². The van der Waals surface area contributed by atoms with Gasteiger partial charge in [-0.1, -0.05) is 37.1 Å². The Balaban J connectivity index is 1.99. The quantitative estimate of drug-likeness (QED) is 0.660. The highest BCUT2D eigenvalue weighted by Crippen LogP contribution is 2.51. The Morgan fingerprint density at radius 3 is 2.57 bits per heavy atom. The normalized spacial score (nSPS) is 29.7. The molecule has 0 N–H and O–H groups in total. The number of likely N-dealkylation sites (N-methyl/N-ethyl adjacent to an activating group) is 1. The number of allylic oxidation sites excluding steroid dienone is 3. The molecule has 1 saturated carbocycles. The summed E-state index contributed by atoms with van der Waals surface area (Å²) in [7, 11) is 0. The molecular weight excluding hydrogens is 170 g/mol. The van der Waals surface area contributed by atoms with Gasteiger partial charge in [0.25, 0.3) is 0 Å². The molecular formula is C13H21N. The van der Waals surface area contributed by atoms with Gasteiger partial charge in [0.1, 0.15) is 0 Å². The summed E-state index contributed by atoms with van der Waals surface area (Å²) in [6.45, 7) is 10.3. The molecule has 2 aliphatic rings. The molecule has 0 aromatic heterocycles. The Kier molecular flexibility index (Phi) is 2.78. The number of nitrogens with zero attached hydrogens (tertiary/aromatic N) is 1. The summed E-state index contributed by atoms with van der Waals surface area (Å²) < 4.78 is 0. The van der Waals surface area contributed by atoms with Crippen molar-refractivity contribution < 1.29 is 0 Å². The van der Waals surface area contributed by atoms with Gasteiger partial charge in [-0.2, -0.15) is 0 Å². The van der Waals surface area contributed by atoms with Gasteiger partial charge < -0.3 is 0 Å². The Labute approximate surface area is 87.5 Å². The fourth-order valence-corrected chi connectivity index (χ4v) is 2.47. The van der Waals surface area contributed by atoms with Gasteiger partial charge in [0.05, 0.1) is 0 Å². The third kappa shape index (κ3) is 1.78. The Bertz CT molecular complexity index is 271. The van der Waals surface area contributed by atoms with Crippen molar-refractivity contribution in [3.63, 3.8) is 0 Å². The zero-order chi connectivity index (χ0) is 10.1. The highest BCUT2D eigenvalue weighted by atomic mass is 15.1. The van der Waals surface area contributed by atoms with Crippen molar-refractivity contribution in [1.82, 2.24) is 4.90 Å². The van der Waals surface area contributed by atoms with Gasteiger partial charge in [0.15, 0.2) is 0 Å². The lowest BCUT2D eigenvalue weighted by Crippen LogP contribution is -2.26. The summed E-state index contributed by atoms with van der Waals surface area (Å²) in [6, 6.07) is 0. The standard InChI is InChI=1S/C13H21N/c1-4-14(5-2)9-11-7-6-10(3)12-8-13(11)12/h6-7,12-13H,4-5,8-9H2,1-3H3. The smallest absolute Gasteiger partial charge is 0.0198 e. The van der Waals surface area contributed by atoms with Gasteiger partial charge in [0, 0.05) is 6.54 Å². The largest absolute Gasteiger partial charge is 0.300 e. The molecule has 2 atom stereocenters. The Morgan fingerprint density at radius 1 is 1.21 bits per heavy atom. The van der Waals surface area contributed by atoms with Crippen LogP contribution in [0, 0.1) is 11.8 Å². The second kappa shape index (κ2) is 3.90. The molecule has 2 unspecified atom stereocenters. The fraction of sp³-hybridized carbons (Fsp3) is 0.692. The van der Waals surface area contributed by atoms with Crippen LogP contribution < -0.4 is 0 Å². The zero-order valence-corrected chi connectivity index (χ0v) is 9.59. The van der Waals surface area contributed by atoms with E-state index in [9.17, 15) is 0 Å². The van der Waals surface area contributed by atoms with Crippen molar-refractivity contribution in [2.24, 2.45) is 11.8 Å². The van der Waals surface area contributed by atoms with Crippen molar-refractivity contribution in [3.05, 3.63) is 23.3 Å². The van der Waals surface area contributed by atoms with Crippen molar-refractivity contribution in [2.45, 2.75) is 27.2 Å². The summed E-state index contributed by atoms with van der Waals surface area (Å²) in [5.41, 5.74) is 3.27. The van der Waals surface area contributed by atoms with E-state index in [1.807, 2.05) is 0 Å². The van der Waals surface area contributed by atoms with Gasteiger partial charge in [-0.15, -0.1) is 0 Å². The van der Waals surface area contributed by atoms with E-state index in [0.717, 1.165) is 11.8 Å². The molecule has 0 bridgehead atoms. The first-order chi connectivity index (χ1) is 6.76. The molecule has 1 fully saturated rings. The summed E-state index contributed by atoms with van der Waals surface area (Å²) in [5, 5.41) is 0. The minimum absolute atomic E-state index is 0.903. The Morgan fingerprint density at radius 2 is 1.93 bits per heavy atom. The second-order valence-electron chi connectivity index (χ2n) is 4.56. The molecule has 2 rings (SSSR count). The van der Waals surface area contributed by atoms with Crippen molar-refractivity contribution >= 4 is 0 Å². The second-order valence-corrected chi connectivity index (χ2v) is 4.56. The molecule has 0 aromatic rings.